The molecule has 6 heteroatoms. The molecule has 0 bridgehead atoms. The number of nitrogens with zero attached hydrogens (tertiary/aromatic N) is 1. The maximum absolute atomic E-state index is 12.6. The first-order chi connectivity index (χ1) is 16.2. The third-order valence-corrected chi connectivity index (χ3v) is 5.55. The molecule has 1 aliphatic rings. The van der Waals surface area contributed by atoms with Gasteiger partial charge in [0.15, 0.2) is 6.61 Å². The van der Waals surface area contributed by atoms with Gasteiger partial charge in [0.25, 0.3) is 5.91 Å². The Bertz CT molecular complexity index is 1040. The minimum absolute atomic E-state index is 0.110. The number of amides is 2. The molecule has 0 spiro atoms. The molecule has 0 aromatic heterocycles. The Labute approximate surface area is 194 Å². The monoisotopic (exact) mass is 444 g/mol. The SMILES string of the molecule is O=C(COc1ccc(OCc2ccccc2)cc1)NC(CN1CCCC1=O)c1ccccc1. The van der Waals surface area contributed by atoms with Crippen molar-refractivity contribution in [1.82, 2.24) is 10.2 Å². The molecule has 0 saturated carbocycles. The Kier molecular flexibility index (Phi) is 7.59. The van der Waals surface area contributed by atoms with E-state index >= 15 is 0 Å². The highest BCUT2D eigenvalue weighted by Crippen LogP contribution is 2.20. The summed E-state index contributed by atoms with van der Waals surface area (Å²) in [6, 6.07) is 26.6. The highest BCUT2D eigenvalue weighted by molar-refractivity contribution is 5.79. The van der Waals surface area contributed by atoms with E-state index in [1.165, 1.54) is 0 Å². The molecular formula is C27H28N2O4. The van der Waals surface area contributed by atoms with Crippen molar-refractivity contribution in [2.24, 2.45) is 0 Å². The fraction of sp³-hybridized carbons (Fsp3) is 0.259. The summed E-state index contributed by atoms with van der Waals surface area (Å²) in [6.07, 6.45) is 1.44. The van der Waals surface area contributed by atoms with Crippen LogP contribution in [0.15, 0.2) is 84.9 Å². The van der Waals surface area contributed by atoms with Crippen molar-refractivity contribution in [1.29, 1.82) is 0 Å². The van der Waals surface area contributed by atoms with Crippen LogP contribution >= 0.6 is 0 Å². The van der Waals surface area contributed by atoms with Crippen LogP contribution in [-0.4, -0.2) is 36.4 Å². The molecule has 1 atom stereocenters. The van der Waals surface area contributed by atoms with Crippen molar-refractivity contribution in [2.75, 3.05) is 19.7 Å². The van der Waals surface area contributed by atoms with E-state index < -0.39 is 0 Å². The molecular weight excluding hydrogens is 416 g/mol. The molecule has 1 fully saturated rings. The van der Waals surface area contributed by atoms with E-state index in [0.29, 0.717) is 25.3 Å². The van der Waals surface area contributed by atoms with Crippen LogP contribution in [0.4, 0.5) is 0 Å². The highest BCUT2D eigenvalue weighted by Gasteiger charge is 2.25. The van der Waals surface area contributed by atoms with E-state index in [1.54, 1.807) is 12.1 Å². The molecule has 1 unspecified atom stereocenters. The molecule has 1 heterocycles. The largest absolute Gasteiger partial charge is 0.489 e. The maximum atomic E-state index is 12.6. The van der Waals surface area contributed by atoms with Crippen LogP contribution in [-0.2, 0) is 16.2 Å². The lowest BCUT2D eigenvalue weighted by Gasteiger charge is -2.25. The number of hydrogen-bond donors (Lipinski definition) is 1. The Hall–Kier alpha value is -3.80. The van der Waals surface area contributed by atoms with Gasteiger partial charge in [-0.25, -0.2) is 0 Å². The number of ether oxygens (including phenoxy) is 2. The van der Waals surface area contributed by atoms with E-state index in [2.05, 4.69) is 5.32 Å². The Morgan fingerprint density at radius 2 is 1.52 bits per heavy atom. The van der Waals surface area contributed by atoms with Gasteiger partial charge in [-0.1, -0.05) is 60.7 Å². The first-order valence-electron chi connectivity index (χ1n) is 11.2. The average Bonchev–Trinajstić information content (AvgIpc) is 3.27. The van der Waals surface area contributed by atoms with Crippen LogP contribution in [0, 0.1) is 0 Å². The second-order valence-electron chi connectivity index (χ2n) is 8.01. The highest BCUT2D eigenvalue weighted by atomic mass is 16.5. The van der Waals surface area contributed by atoms with Gasteiger partial charge < -0.3 is 19.7 Å². The van der Waals surface area contributed by atoms with E-state index in [0.717, 1.165) is 29.8 Å². The van der Waals surface area contributed by atoms with Gasteiger partial charge in [-0.05, 0) is 41.8 Å². The zero-order chi connectivity index (χ0) is 22.9. The number of benzene rings is 3. The van der Waals surface area contributed by atoms with Gasteiger partial charge in [-0.3, -0.25) is 9.59 Å². The van der Waals surface area contributed by atoms with Crippen LogP contribution in [0.25, 0.3) is 0 Å². The summed E-state index contributed by atoms with van der Waals surface area (Å²) in [5, 5.41) is 3.02. The minimum atomic E-state index is -0.280. The first kappa shape index (κ1) is 22.4. The number of nitrogens with one attached hydrogen (secondary N) is 1. The van der Waals surface area contributed by atoms with Crippen LogP contribution in [0.2, 0.25) is 0 Å². The molecule has 1 aliphatic heterocycles. The molecule has 33 heavy (non-hydrogen) atoms. The van der Waals surface area contributed by atoms with Gasteiger partial charge in [0.2, 0.25) is 5.91 Å². The van der Waals surface area contributed by atoms with Gasteiger partial charge in [0, 0.05) is 19.5 Å². The summed E-state index contributed by atoms with van der Waals surface area (Å²) in [4.78, 5) is 26.5. The number of rotatable bonds is 10. The molecule has 0 radical (unpaired) electrons. The molecule has 4 rings (SSSR count). The van der Waals surface area contributed by atoms with Crippen LogP contribution in [0.3, 0.4) is 0 Å². The molecule has 1 saturated heterocycles. The normalized spacial score (nSPS) is 14.1. The third kappa shape index (κ3) is 6.59. The maximum Gasteiger partial charge on any atom is 0.258 e. The van der Waals surface area contributed by atoms with Gasteiger partial charge in [0.1, 0.15) is 18.1 Å². The molecule has 3 aromatic rings. The topological polar surface area (TPSA) is 67.9 Å². The van der Waals surface area contributed by atoms with Crippen molar-refractivity contribution in [3.05, 3.63) is 96.1 Å². The smallest absolute Gasteiger partial charge is 0.258 e. The van der Waals surface area contributed by atoms with Crippen LogP contribution in [0.1, 0.15) is 30.0 Å². The van der Waals surface area contributed by atoms with Crippen LogP contribution < -0.4 is 14.8 Å². The van der Waals surface area contributed by atoms with Crippen molar-refractivity contribution in [3.8, 4) is 11.5 Å². The van der Waals surface area contributed by atoms with Gasteiger partial charge >= 0.3 is 0 Å². The van der Waals surface area contributed by atoms with Crippen molar-refractivity contribution in [3.63, 3.8) is 0 Å². The minimum Gasteiger partial charge on any atom is -0.489 e. The third-order valence-electron chi connectivity index (χ3n) is 5.55. The zero-order valence-corrected chi connectivity index (χ0v) is 18.5. The van der Waals surface area contributed by atoms with Crippen molar-refractivity contribution < 1.29 is 19.1 Å². The second-order valence-corrected chi connectivity index (χ2v) is 8.01. The molecule has 170 valence electrons. The molecule has 3 aromatic carbocycles. The van der Waals surface area contributed by atoms with Crippen molar-refractivity contribution in [2.45, 2.75) is 25.5 Å². The summed E-state index contributed by atoms with van der Waals surface area (Å²) >= 11 is 0. The summed E-state index contributed by atoms with van der Waals surface area (Å²) in [5.74, 6) is 1.22. The standard InChI is InChI=1S/C27H28N2O4/c30-26(28-25(22-10-5-2-6-11-22)18-29-17-7-12-27(29)31)20-33-24-15-13-23(14-16-24)32-19-21-8-3-1-4-9-21/h1-6,8-11,13-16,25H,7,12,17-20H2,(H,28,30). The van der Waals surface area contributed by atoms with E-state index in [9.17, 15) is 9.59 Å². The summed E-state index contributed by atoms with van der Waals surface area (Å²) < 4.78 is 11.4. The van der Waals surface area contributed by atoms with Crippen molar-refractivity contribution >= 4 is 11.8 Å². The van der Waals surface area contributed by atoms with E-state index in [-0.39, 0.29) is 24.5 Å². The summed E-state index contributed by atoms with van der Waals surface area (Å²) in [6.45, 7) is 1.57. The summed E-state index contributed by atoms with van der Waals surface area (Å²) in [5.41, 5.74) is 2.06. The van der Waals surface area contributed by atoms with Gasteiger partial charge in [0.05, 0.1) is 6.04 Å². The predicted octanol–water partition coefficient (Wildman–Crippen LogP) is 4.12. The van der Waals surface area contributed by atoms with E-state index in [4.69, 9.17) is 9.47 Å². The molecule has 6 nitrogen and oxygen atoms in total. The lowest BCUT2D eigenvalue weighted by molar-refractivity contribution is -0.129. The van der Waals surface area contributed by atoms with E-state index in [1.807, 2.05) is 77.7 Å². The van der Waals surface area contributed by atoms with Crippen LogP contribution in [0.5, 0.6) is 11.5 Å². The number of hydrogen-bond acceptors (Lipinski definition) is 4. The zero-order valence-electron chi connectivity index (χ0n) is 18.5. The molecule has 2 amide bonds. The first-order valence-corrected chi connectivity index (χ1v) is 11.2. The lowest BCUT2D eigenvalue weighted by Crippen LogP contribution is -2.40. The summed E-state index contributed by atoms with van der Waals surface area (Å²) in [7, 11) is 0. The Balaban J connectivity index is 1.29. The quantitative estimate of drug-likeness (QED) is 0.511. The Morgan fingerprint density at radius 1 is 0.879 bits per heavy atom. The average molecular weight is 445 g/mol. The number of carbonyl (C=O) groups excluding carboxylic acids is 2. The fourth-order valence-electron chi connectivity index (χ4n) is 3.80. The fourth-order valence-corrected chi connectivity index (χ4v) is 3.80. The molecule has 1 N–H and O–H groups in total. The number of carbonyl (C=O) groups is 2. The van der Waals surface area contributed by atoms with Gasteiger partial charge in [-0.2, -0.15) is 0 Å². The lowest BCUT2D eigenvalue weighted by atomic mass is 10.1. The van der Waals surface area contributed by atoms with Gasteiger partial charge in [-0.15, -0.1) is 0 Å². The Morgan fingerprint density at radius 3 is 2.15 bits per heavy atom. The predicted molar refractivity (Wildman–Crippen MR) is 126 cm³/mol. The second kappa shape index (κ2) is 11.2. The number of likely N-dealkylation sites (tertiary alicyclic amines) is 1. The molecule has 0 aliphatic carbocycles.